The van der Waals surface area contributed by atoms with Crippen molar-refractivity contribution < 1.29 is 19.1 Å². The average molecular weight is 423 g/mol. The molecule has 2 aromatic carbocycles. The number of allylic oxidation sites excluding steroid dienone is 1. The van der Waals surface area contributed by atoms with E-state index in [0.717, 1.165) is 30.6 Å². The molecular formula is C25H30N2O4. The van der Waals surface area contributed by atoms with E-state index in [1.807, 2.05) is 42.5 Å². The van der Waals surface area contributed by atoms with Crippen LogP contribution >= 0.6 is 0 Å². The van der Waals surface area contributed by atoms with Gasteiger partial charge in [0.15, 0.2) is 12.7 Å². The van der Waals surface area contributed by atoms with Gasteiger partial charge in [0.25, 0.3) is 5.91 Å². The number of hydrogen-bond acceptors (Lipinski definition) is 5. The quantitative estimate of drug-likeness (QED) is 0.427. The van der Waals surface area contributed by atoms with E-state index >= 15 is 0 Å². The summed E-state index contributed by atoms with van der Waals surface area (Å²) in [5, 5.41) is 6.11. The molecule has 0 aromatic heterocycles. The molecule has 0 fully saturated rings. The molecule has 2 N–H and O–H groups in total. The van der Waals surface area contributed by atoms with Gasteiger partial charge in [-0.05, 0) is 75.4 Å². The molecule has 164 valence electrons. The first-order valence-electron chi connectivity index (χ1n) is 10.8. The molecular weight excluding hydrogens is 392 g/mol. The average Bonchev–Trinajstić information content (AvgIpc) is 2.80. The maximum absolute atomic E-state index is 12.1. The maximum Gasteiger partial charge on any atom is 0.344 e. The van der Waals surface area contributed by atoms with Crippen molar-refractivity contribution >= 4 is 23.3 Å². The summed E-state index contributed by atoms with van der Waals surface area (Å²) in [7, 11) is 0. The number of carbonyl (C=O) groups excluding carboxylic acids is 2. The molecule has 0 radical (unpaired) electrons. The fourth-order valence-electron chi connectivity index (χ4n) is 3.37. The third-order valence-corrected chi connectivity index (χ3v) is 5.08. The van der Waals surface area contributed by atoms with Gasteiger partial charge in [0.1, 0.15) is 5.75 Å². The number of rotatable bonds is 10. The Morgan fingerprint density at radius 1 is 1.00 bits per heavy atom. The molecule has 6 heteroatoms. The van der Waals surface area contributed by atoms with Crippen molar-refractivity contribution in [3.8, 4) is 5.75 Å². The summed E-state index contributed by atoms with van der Waals surface area (Å²) in [4.78, 5) is 24.1. The molecule has 31 heavy (non-hydrogen) atoms. The van der Waals surface area contributed by atoms with Gasteiger partial charge in [-0.15, -0.1) is 0 Å². The Kier molecular flexibility index (Phi) is 8.52. The molecule has 1 aliphatic rings. The molecule has 1 amide bonds. The van der Waals surface area contributed by atoms with Crippen molar-refractivity contribution in [1.82, 2.24) is 5.32 Å². The SMILES string of the molecule is C[C@H](OC(=O)COc1ccc(Nc2ccccc2)cc1)C(=O)NCCC1=CCCCC1. The second-order valence-electron chi connectivity index (χ2n) is 7.59. The normalized spacial score (nSPS) is 14.2. The van der Waals surface area contributed by atoms with Crippen LogP contribution in [0.2, 0.25) is 0 Å². The molecule has 1 aliphatic carbocycles. The predicted octanol–water partition coefficient (Wildman–Crippen LogP) is 4.75. The number of benzene rings is 2. The maximum atomic E-state index is 12.1. The number of nitrogens with one attached hydrogen (secondary N) is 2. The molecule has 3 rings (SSSR count). The summed E-state index contributed by atoms with van der Waals surface area (Å²) >= 11 is 0. The Morgan fingerprint density at radius 3 is 2.45 bits per heavy atom. The van der Waals surface area contributed by atoms with E-state index in [1.54, 1.807) is 19.1 Å². The van der Waals surface area contributed by atoms with Gasteiger partial charge >= 0.3 is 5.97 Å². The van der Waals surface area contributed by atoms with Crippen LogP contribution in [0.25, 0.3) is 0 Å². The van der Waals surface area contributed by atoms with Gasteiger partial charge in [-0.2, -0.15) is 0 Å². The summed E-state index contributed by atoms with van der Waals surface area (Å²) in [5.41, 5.74) is 3.30. The van der Waals surface area contributed by atoms with E-state index in [0.29, 0.717) is 12.3 Å². The molecule has 0 aliphatic heterocycles. The highest BCUT2D eigenvalue weighted by molar-refractivity contribution is 5.83. The number of para-hydroxylation sites is 1. The molecule has 0 unspecified atom stereocenters. The molecule has 2 aromatic rings. The minimum absolute atomic E-state index is 0.254. The molecule has 0 spiro atoms. The third-order valence-electron chi connectivity index (χ3n) is 5.08. The monoisotopic (exact) mass is 422 g/mol. The number of amides is 1. The van der Waals surface area contributed by atoms with Crippen LogP contribution in [0.1, 0.15) is 39.0 Å². The molecule has 6 nitrogen and oxygen atoms in total. The van der Waals surface area contributed by atoms with Crippen molar-refractivity contribution in [2.45, 2.75) is 45.1 Å². The fraction of sp³-hybridized carbons (Fsp3) is 0.360. The van der Waals surface area contributed by atoms with Gasteiger partial charge < -0.3 is 20.1 Å². The van der Waals surface area contributed by atoms with Gasteiger partial charge in [-0.1, -0.05) is 29.8 Å². The Bertz CT molecular complexity index is 878. The molecule has 0 heterocycles. The van der Waals surface area contributed by atoms with Gasteiger partial charge in [-0.25, -0.2) is 4.79 Å². The lowest BCUT2D eigenvalue weighted by Crippen LogP contribution is -2.37. The van der Waals surface area contributed by atoms with Crippen LogP contribution < -0.4 is 15.4 Å². The van der Waals surface area contributed by atoms with E-state index in [9.17, 15) is 9.59 Å². The van der Waals surface area contributed by atoms with Crippen LogP contribution in [-0.4, -0.2) is 31.1 Å². The number of hydrogen-bond donors (Lipinski definition) is 2. The zero-order valence-corrected chi connectivity index (χ0v) is 17.9. The molecule has 0 bridgehead atoms. The fourth-order valence-corrected chi connectivity index (χ4v) is 3.37. The highest BCUT2D eigenvalue weighted by atomic mass is 16.6. The van der Waals surface area contributed by atoms with Crippen LogP contribution in [0.3, 0.4) is 0 Å². The van der Waals surface area contributed by atoms with Crippen LogP contribution in [0.15, 0.2) is 66.2 Å². The first-order chi connectivity index (χ1) is 15.1. The van der Waals surface area contributed by atoms with Crippen LogP contribution in [0.4, 0.5) is 11.4 Å². The Hall–Kier alpha value is -3.28. The van der Waals surface area contributed by atoms with E-state index in [4.69, 9.17) is 9.47 Å². The highest BCUT2D eigenvalue weighted by Crippen LogP contribution is 2.20. The Labute approximate surface area is 183 Å². The summed E-state index contributed by atoms with van der Waals surface area (Å²) in [5.74, 6) is -0.321. The first-order valence-corrected chi connectivity index (χ1v) is 10.8. The number of esters is 1. The summed E-state index contributed by atoms with van der Waals surface area (Å²) < 4.78 is 10.6. The molecule has 0 saturated heterocycles. The summed E-state index contributed by atoms with van der Waals surface area (Å²) in [6, 6.07) is 17.1. The third kappa shape index (κ3) is 7.81. The van der Waals surface area contributed by atoms with E-state index < -0.39 is 12.1 Å². The summed E-state index contributed by atoms with van der Waals surface area (Å²) in [6.07, 6.45) is 6.98. The van der Waals surface area contributed by atoms with Crippen LogP contribution in [0.5, 0.6) is 5.75 Å². The van der Waals surface area contributed by atoms with Crippen molar-refractivity contribution in [3.05, 3.63) is 66.2 Å². The number of carbonyl (C=O) groups is 2. The first kappa shape index (κ1) is 22.4. The van der Waals surface area contributed by atoms with Crippen molar-refractivity contribution in [2.75, 3.05) is 18.5 Å². The minimum atomic E-state index is -0.853. The molecule has 0 saturated carbocycles. The second-order valence-corrected chi connectivity index (χ2v) is 7.59. The van der Waals surface area contributed by atoms with E-state index in [-0.39, 0.29) is 12.5 Å². The molecule has 1 atom stereocenters. The van der Waals surface area contributed by atoms with Crippen molar-refractivity contribution in [1.29, 1.82) is 0 Å². The van der Waals surface area contributed by atoms with Gasteiger partial charge in [-0.3, -0.25) is 4.79 Å². The summed E-state index contributed by atoms with van der Waals surface area (Å²) in [6.45, 7) is 1.87. The number of anilines is 2. The topological polar surface area (TPSA) is 76.7 Å². The van der Waals surface area contributed by atoms with Gasteiger partial charge in [0.2, 0.25) is 0 Å². The van der Waals surface area contributed by atoms with Crippen molar-refractivity contribution in [2.24, 2.45) is 0 Å². The Balaban J connectivity index is 1.35. The predicted molar refractivity (Wildman–Crippen MR) is 121 cm³/mol. The second kappa shape index (κ2) is 11.8. The lowest BCUT2D eigenvalue weighted by atomic mass is 9.97. The van der Waals surface area contributed by atoms with Gasteiger partial charge in [0.05, 0.1) is 0 Å². The van der Waals surface area contributed by atoms with E-state index in [1.165, 1.54) is 18.4 Å². The van der Waals surface area contributed by atoms with E-state index in [2.05, 4.69) is 16.7 Å². The standard InChI is InChI=1S/C25H30N2O4/c1-19(25(29)26-17-16-20-8-4-2-5-9-20)31-24(28)18-30-23-14-12-22(13-15-23)27-21-10-6-3-7-11-21/h3,6-8,10-15,19,27H,2,4-5,9,16-18H2,1H3,(H,26,29)/t19-/m0/s1. The van der Waals surface area contributed by atoms with Crippen LogP contribution in [-0.2, 0) is 14.3 Å². The zero-order valence-electron chi connectivity index (χ0n) is 17.9. The largest absolute Gasteiger partial charge is 0.482 e. The smallest absolute Gasteiger partial charge is 0.344 e. The Morgan fingerprint density at radius 2 is 1.74 bits per heavy atom. The van der Waals surface area contributed by atoms with Crippen LogP contribution in [0, 0.1) is 0 Å². The number of ether oxygens (including phenoxy) is 2. The zero-order chi connectivity index (χ0) is 21.9. The van der Waals surface area contributed by atoms with Crippen molar-refractivity contribution in [3.63, 3.8) is 0 Å². The highest BCUT2D eigenvalue weighted by Gasteiger charge is 2.18. The minimum Gasteiger partial charge on any atom is -0.482 e. The van der Waals surface area contributed by atoms with Gasteiger partial charge in [0, 0.05) is 17.9 Å². The lowest BCUT2D eigenvalue weighted by molar-refractivity contribution is -0.156. The lowest BCUT2D eigenvalue weighted by Gasteiger charge is -2.16.